The van der Waals surface area contributed by atoms with Gasteiger partial charge in [-0.1, -0.05) is 30.3 Å². The zero-order valence-corrected chi connectivity index (χ0v) is 13.4. The average Bonchev–Trinajstić information content (AvgIpc) is 2.60. The summed E-state index contributed by atoms with van der Waals surface area (Å²) in [5.41, 5.74) is 2.70. The minimum Gasteiger partial charge on any atom is -0.495 e. The van der Waals surface area contributed by atoms with Crippen LogP contribution in [0.4, 0.5) is 0 Å². The van der Waals surface area contributed by atoms with Gasteiger partial charge in [-0.25, -0.2) is 0 Å². The van der Waals surface area contributed by atoms with Gasteiger partial charge in [-0.2, -0.15) is 0 Å². The van der Waals surface area contributed by atoms with Crippen LogP contribution in [0.1, 0.15) is 11.1 Å². The molecule has 1 aromatic carbocycles. The Morgan fingerprint density at radius 3 is 2.43 bits per heavy atom. The monoisotopic (exact) mass is 310 g/mol. The molecule has 0 atom stereocenters. The number of rotatable bonds is 4. The molecule has 0 radical (unpaired) electrons. The number of hydrogen-bond acceptors (Lipinski definition) is 4. The summed E-state index contributed by atoms with van der Waals surface area (Å²) < 4.78 is 16.6. The predicted octanol–water partition coefficient (Wildman–Crippen LogP) is 3.88. The molecule has 4 heteroatoms. The van der Waals surface area contributed by atoms with Crippen molar-refractivity contribution in [1.82, 2.24) is 0 Å². The SMILES string of the molecule is COCc1c(OC)c2ccc(-c3ccccc3)oc-2c(C)c1=O. The molecular weight excluding hydrogens is 292 g/mol. The van der Waals surface area contributed by atoms with Gasteiger partial charge in [-0.15, -0.1) is 0 Å². The van der Waals surface area contributed by atoms with Gasteiger partial charge in [0.25, 0.3) is 0 Å². The first-order chi connectivity index (χ1) is 11.2. The van der Waals surface area contributed by atoms with E-state index in [-0.39, 0.29) is 12.0 Å². The summed E-state index contributed by atoms with van der Waals surface area (Å²) in [5.74, 6) is 1.77. The average molecular weight is 310 g/mol. The van der Waals surface area contributed by atoms with Crippen LogP contribution in [0.5, 0.6) is 5.75 Å². The molecule has 0 amide bonds. The summed E-state index contributed by atoms with van der Waals surface area (Å²) in [5, 5.41) is 0. The van der Waals surface area contributed by atoms with Crippen LogP contribution in [-0.4, -0.2) is 14.2 Å². The Morgan fingerprint density at radius 2 is 1.78 bits per heavy atom. The van der Waals surface area contributed by atoms with Crippen molar-refractivity contribution in [2.24, 2.45) is 0 Å². The van der Waals surface area contributed by atoms with Crippen molar-refractivity contribution in [2.45, 2.75) is 13.5 Å². The summed E-state index contributed by atoms with van der Waals surface area (Å²) in [6.45, 7) is 1.97. The van der Waals surface area contributed by atoms with Crippen LogP contribution in [0.2, 0.25) is 0 Å². The van der Waals surface area contributed by atoms with Crippen LogP contribution in [-0.2, 0) is 11.3 Å². The lowest BCUT2D eigenvalue weighted by molar-refractivity contribution is 0.180. The molecule has 1 aliphatic heterocycles. The standard InChI is InChI=1S/C19H18O4/c1-12-17(20)15(11-21-2)19(22-3)14-9-10-16(23-18(12)14)13-7-5-4-6-8-13/h4-10H,11H2,1-3H3. The van der Waals surface area contributed by atoms with Gasteiger partial charge < -0.3 is 13.9 Å². The predicted molar refractivity (Wildman–Crippen MR) is 89.0 cm³/mol. The van der Waals surface area contributed by atoms with E-state index < -0.39 is 0 Å². The second kappa shape index (κ2) is 6.26. The first kappa shape index (κ1) is 15.3. The largest absolute Gasteiger partial charge is 0.495 e. The lowest BCUT2D eigenvalue weighted by Crippen LogP contribution is -2.17. The molecule has 2 aliphatic rings. The van der Waals surface area contributed by atoms with Gasteiger partial charge in [0, 0.05) is 18.2 Å². The van der Waals surface area contributed by atoms with Crippen LogP contribution >= 0.6 is 0 Å². The molecule has 1 aliphatic carbocycles. The highest BCUT2D eigenvalue weighted by molar-refractivity contribution is 5.75. The van der Waals surface area contributed by atoms with Crippen LogP contribution in [0.3, 0.4) is 0 Å². The third kappa shape index (κ3) is 2.62. The van der Waals surface area contributed by atoms with Crippen molar-refractivity contribution in [3.63, 3.8) is 0 Å². The molecular formula is C19H18O4. The first-order valence-electron chi connectivity index (χ1n) is 7.35. The Morgan fingerprint density at radius 1 is 1.04 bits per heavy atom. The molecule has 0 N–H and O–H groups in total. The Bertz CT molecular complexity index is 849. The van der Waals surface area contributed by atoms with E-state index in [1.54, 1.807) is 21.1 Å². The van der Waals surface area contributed by atoms with E-state index in [1.807, 2.05) is 42.5 Å². The molecule has 0 aromatic heterocycles. The normalized spacial score (nSPS) is 10.9. The van der Waals surface area contributed by atoms with Crippen molar-refractivity contribution < 1.29 is 13.9 Å². The highest BCUT2D eigenvalue weighted by Crippen LogP contribution is 2.38. The second-order valence-corrected chi connectivity index (χ2v) is 5.31. The summed E-state index contributed by atoms with van der Waals surface area (Å²) >= 11 is 0. The molecule has 0 saturated carbocycles. The Labute approximate surface area is 134 Å². The fourth-order valence-electron chi connectivity index (χ4n) is 2.75. The lowest BCUT2D eigenvalue weighted by Gasteiger charge is -2.17. The Kier molecular flexibility index (Phi) is 4.17. The molecule has 0 fully saturated rings. The molecule has 1 aromatic rings. The summed E-state index contributed by atoms with van der Waals surface area (Å²) in [4.78, 5) is 12.6. The third-order valence-corrected chi connectivity index (χ3v) is 3.88. The number of hydrogen-bond donors (Lipinski definition) is 0. The number of methoxy groups -OCH3 is 2. The van der Waals surface area contributed by atoms with Crippen molar-refractivity contribution in [1.29, 1.82) is 0 Å². The molecule has 1 heterocycles. The van der Waals surface area contributed by atoms with Crippen molar-refractivity contribution in [2.75, 3.05) is 14.2 Å². The fraction of sp³-hybridized carbons (Fsp3) is 0.211. The van der Waals surface area contributed by atoms with E-state index in [2.05, 4.69) is 0 Å². The van der Waals surface area contributed by atoms with E-state index >= 15 is 0 Å². The lowest BCUT2D eigenvalue weighted by atomic mass is 9.98. The van der Waals surface area contributed by atoms with E-state index in [0.717, 1.165) is 11.1 Å². The zero-order valence-electron chi connectivity index (χ0n) is 13.4. The van der Waals surface area contributed by atoms with Gasteiger partial charge in [0.1, 0.15) is 17.3 Å². The van der Waals surface area contributed by atoms with Crippen LogP contribution in [0.25, 0.3) is 22.6 Å². The molecule has 23 heavy (non-hydrogen) atoms. The Hall–Kier alpha value is -2.59. The maximum Gasteiger partial charge on any atom is 0.194 e. The minimum atomic E-state index is -0.106. The highest BCUT2D eigenvalue weighted by atomic mass is 16.5. The zero-order chi connectivity index (χ0) is 16.4. The van der Waals surface area contributed by atoms with Crippen molar-refractivity contribution in [3.8, 4) is 28.4 Å². The van der Waals surface area contributed by atoms with Gasteiger partial charge in [0.05, 0.1) is 24.8 Å². The van der Waals surface area contributed by atoms with Gasteiger partial charge in [0.2, 0.25) is 0 Å². The van der Waals surface area contributed by atoms with Crippen LogP contribution in [0, 0.1) is 6.92 Å². The Balaban J connectivity index is 2.28. The van der Waals surface area contributed by atoms with Gasteiger partial charge in [-0.05, 0) is 19.1 Å². The van der Waals surface area contributed by atoms with Crippen molar-refractivity contribution in [3.05, 3.63) is 63.8 Å². The highest BCUT2D eigenvalue weighted by Gasteiger charge is 2.23. The van der Waals surface area contributed by atoms with Gasteiger partial charge in [-0.3, -0.25) is 4.79 Å². The minimum absolute atomic E-state index is 0.106. The van der Waals surface area contributed by atoms with Gasteiger partial charge in [0.15, 0.2) is 5.43 Å². The molecule has 0 spiro atoms. The molecule has 3 rings (SSSR count). The fourth-order valence-corrected chi connectivity index (χ4v) is 2.75. The maximum atomic E-state index is 12.6. The summed E-state index contributed by atoms with van der Waals surface area (Å²) in [6.07, 6.45) is 0. The molecule has 0 unspecified atom stereocenters. The topological polar surface area (TPSA) is 48.7 Å². The summed E-state index contributed by atoms with van der Waals surface area (Å²) in [6, 6.07) is 13.6. The summed E-state index contributed by atoms with van der Waals surface area (Å²) in [7, 11) is 3.11. The van der Waals surface area contributed by atoms with Gasteiger partial charge >= 0.3 is 0 Å². The van der Waals surface area contributed by atoms with Crippen LogP contribution < -0.4 is 10.2 Å². The quantitative estimate of drug-likeness (QED) is 0.734. The number of ether oxygens (including phenoxy) is 2. The molecule has 4 nitrogen and oxygen atoms in total. The van der Waals surface area contributed by atoms with E-state index in [1.165, 1.54) is 0 Å². The van der Waals surface area contributed by atoms with E-state index in [0.29, 0.717) is 28.4 Å². The van der Waals surface area contributed by atoms with Crippen molar-refractivity contribution >= 4 is 0 Å². The number of fused-ring (bicyclic) bond motifs is 1. The smallest absolute Gasteiger partial charge is 0.194 e. The molecule has 118 valence electrons. The number of benzene rings is 2. The second-order valence-electron chi connectivity index (χ2n) is 5.31. The first-order valence-corrected chi connectivity index (χ1v) is 7.35. The molecule has 0 bridgehead atoms. The third-order valence-electron chi connectivity index (χ3n) is 3.88. The maximum absolute atomic E-state index is 12.6. The van der Waals surface area contributed by atoms with E-state index in [4.69, 9.17) is 13.9 Å². The van der Waals surface area contributed by atoms with Crippen LogP contribution in [0.15, 0.2) is 51.7 Å². The van der Waals surface area contributed by atoms with E-state index in [9.17, 15) is 4.79 Å². The molecule has 0 saturated heterocycles.